The van der Waals surface area contributed by atoms with Gasteiger partial charge in [0.1, 0.15) is 0 Å². The van der Waals surface area contributed by atoms with E-state index in [1.165, 1.54) is 9.13 Å². The molecule has 0 spiro atoms. The van der Waals surface area contributed by atoms with Gasteiger partial charge in [-0.25, -0.2) is 0 Å². The lowest BCUT2D eigenvalue weighted by Gasteiger charge is -2.09. The van der Waals surface area contributed by atoms with Gasteiger partial charge in [-0.2, -0.15) is 0 Å². The van der Waals surface area contributed by atoms with Crippen LogP contribution in [-0.2, 0) is 6.54 Å². The third kappa shape index (κ3) is 1.84. The van der Waals surface area contributed by atoms with Crippen LogP contribution in [0.3, 0.4) is 0 Å². The Bertz CT molecular complexity index is 440. The van der Waals surface area contributed by atoms with Crippen LogP contribution in [0.4, 0.5) is 0 Å². The van der Waals surface area contributed by atoms with Gasteiger partial charge in [-0.05, 0) is 13.8 Å². The van der Waals surface area contributed by atoms with E-state index in [-0.39, 0.29) is 6.04 Å². The summed E-state index contributed by atoms with van der Waals surface area (Å²) in [5.74, 6) is 0. The maximum atomic E-state index is 11.5. The molecular weight excluding hydrogens is 180 g/mol. The monoisotopic (exact) mass is 194 g/mol. The molecule has 4 heteroatoms. The van der Waals surface area contributed by atoms with E-state index < -0.39 is 11.1 Å². The van der Waals surface area contributed by atoms with Gasteiger partial charge in [0.25, 0.3) is 0 Å². The standard InChI is InChI=1S/C10H14N2O2/c1-4-5-11-6-7-12(8(2)3)10(14)9(11)13/h4,6-8H,1,5H2,2-3H3. The topological polar surface area (TPSA) is 44.0 Å². The molecule has 0 aliphatic heterocycles. The van der Waals surface area contributed by atoms with Crippen molar-refractivity contribution in [2.24, 2.45) is 0 Å². The maximum absolute atomic E-state index is 11.5. The minimum atomic E-state index is -0.499. The highest BCUT2D eigenvalue weighted by Gasteiger charge is 2.05. The molecule has 1 heterocycles. The summed E-state index contributed by atoms with van der Waals surface area (Å²) in [4.78, 5) is 23.0. The zero-order valence-electron chi connectivity index (χ0n) is 8.43. The van der Waals surface area contributed by atoms with E-state index in [9.17, 15) is 9.59 Å². The quantitative estimate of drug-likeness (QED) is 0.527. The van der Waals surface area contributed by atoms with E-state index in [0.717, 1.165) is 0 Å². The lowest BCUT2D eigenvalue weighted by Crippen LogP contribution is -2.40. The van der Waals surface area contributed by atoms with Crippen molar-refractivity contribution in [1.82, 2.24) is 9.13 Å². The summed E-state index contributed by atoms with van der Waals surface area (Å²) in [6.45, 7) is 7.60. The molecule has 14 heavy (non-hydrogen) atoms. The van der Waals surface area contributed by atoms with Crippen LogP contribution in [0.1, 0.15) is 19.9 Å². The predicted molar refractivity (Wildman–Crippen MR) is 55.5 cm³/mol. The summed E-state index contributed by atoms with van der Waals surface area (Å²) in [7, 11) is 0. The van der Waals surface area contributed by atoms with E-state index in [2.05, 4.69) is 6.58 Å². The van der Waals surface area contributed by atoms with Crippen LogP contribution < -0.4 is 11.1 Å². The van der Waals surface area contributed by atoms with Crippen molar-refractivity contribution in [2.75, 3.05) is 0 Å². The first-order chi connectivity index (χ1) is 6.57. The molecule has 0 radical (unpaired) electrons. The normalized spacial score (nSPS) is 10.5. The number of aromatic nitrogens is 2. The minimum absolute atomic E-state index is 0.00795. The number of nitrogens with zero attached hydrogens (tertiary/aromatic N) is 2. The van der Waals surface area contributed by atoms with Crippen molar-refractivity contribution in [3.8, 4) is 0 Å². The van der Waals surface area contributed by atoms with Crippen LogP contribution in [0.15, 0.2) is 34.6 Å². The Morgan fingerprint density at radius 2 is 2.00 bits per heavy atom. The Morgan fingerprint density at radius 3 is 2.50 bits per heavy atom. The lowest BCUT2D eigenvalue weighted by atomic mass is 10.4. The molecule has 4 nitrogen and oxygen atoms in total. The van der Waals surface area contributed by atoms with Gasteiger partial charge in [-0.1, -0.05) is 6.08 Å². The zero-order chi connectivity index (χ0) is 10.7. The second-order valence-electron chi connectivity index (χ2n) is 3.35. The molecule has 0 fully saturated rings. The van der Waals surface area contributed by atoms with E-state index in [4.69, 9.17) is 0 Å². The van der Waals surface area contributed by atoms with Crippen molar-refractivity contribution in [3.05, 3.63) is 45.8 Å². The molecule has 0 saturated carbocycles. The highest BCUT2D eigenvalue weighted by molar-refractivity contribution is 4.89. The maximum Gasteiger partial charge on any atom is 0.316 e. The summed E-state index contributed by atoms with van der Waals surface area (Å²) >= 11 is 0. The Kier molecular flexibility index (Phi) is 3.06. The number of hydrogen-bond donors (Lipinski definition) is 0. The number of rotatable bonds is 3. The van der Waals surface area contributed by atoms with Gasteiger partial charge in [-0.15, -0.1) is 6.58 Å². The first kappa shape index (κ1) is 10.5. The van der Waals surface area contributed by atoms with Gasteiger partial charge in [-0.3, -0.25) is 9.59 Å². The first-order valence-electron chi connectivity index (χ1n) is 4.50. The number of allylic oxidation sites excluding steroid dienone is 1. The lowest BCUT2D eigenvalue weighted by molar-refractivity contribution is 0.554. The molecule has 1 rings (SSSR count). The molecule has 76 valence electrons. The van der Waals surface area contributed by atoms with Gasteiger partial charge >= 0.3 is 11.1 Å². The molecule has 1 aromatic rings. The van der Waals surface area contributed by atoms with E-state index >= 15 is 0 Å². The summed E-state index contributed by atoms with van der Waals surface area (Å²) in [6.07, 6.45) is 4.81. The van der Waals surface area contributed by atoms with Crippen molar-refractivity contribution in [1.29, 1.82) is 0 Å². The predicted octanol–water partition coefficient (Wildman–Crippen LogP) is 0.777. The van der Waals surface area contributed by atoms with E-state index in [1.54, 1.807) is 18.5 Å². The van der Waals surface area contributed by atoms with Crippen LogP contribution in [0.2, 0.25) is 0 Å². The highest BCUT2D eigenvalue weighted by Crippen LogP contribution is 1.96. The average Bonchev–Trinajstić information content (AvgIpc) is 2.13. The molecule has 0 bridgehead atoms. The molecule has 1 aromatic heterocycles. The van der Waals surface area contributed by atoms with Gasteiger partial charge in [0.05, 0.1) is 0 Å². The molecule has 0 amide bonds. The third-order valence-electron chi connectivity index (χ3n) is 1.97. The molecule has 0 saturated heterocycles. The third-order valence-corrected chi connectivity index (χ3v) is 1.97. The van der Waals surface area contributed by atoms with Crippen molar-refractivity contribution >= 4 is 0 Å². The molecule has 0 unspecified atom stereocenters. The highest BCUT2D eigenvalue weighted by atomic mass is 16.2. The van der Waals surface area contributed by atoms with Crippen LogP contribution in [0.5, 0.6) is 0 Å². The second-order valence-corrected chi connectivity index (χ2v) is 3.35. The molecule has 0 aliphatic rings. The molecule has 0 atom stereocenters. The van der Waals surface area contributed by atoms with Crippen LogP contribution >= 0.6 is 0 Å². The van der Waals surface area contributed by atoms with Crippen molar-refractivity contribution in [3.63, 3.8) is 0 Å². The molecule has 0 N–H and O–H groups in total. The van der Waals surface area contributed by atoms with Crippen molar-refractivity contribution < 1.29 is 0 Å². The number of hydrogen-bond acceptors (Lipinski definition) is 2. The van der Waals surface area contributed by atoms with E-state index in [1.807, 2.05) is 13.8 Å². The fraction of sp³-hybridized carbons (Fsp3) is 0.400. The van der Waals surface area contributed by atoms with Gasteiger partial charge in [0.2, 0.25) is 0 Å². The van der Waals surface area contributed by atoms with Crippen LogP contribution in [0.25, 0.3) is 0 Å². The van der Waals surface area contributed by atoms with Gasteiger partial charge < -0.3 is 9.13 Å². The Morgan fingerprint density at radius 1 is 1.36 bits per heavy atom. The zero-order valence-corrected chi connectivity index (χ0v) is 8.43. The largest absolute Gasteiger partial charge is 0.316 e. The van der Waals surface area contributed by atoms with Crippen molar-refractivity contribution in [2.45, 2.75) is 26.4 Å². The van der Waals surface area contributed by atoms with Gasteiger partial charge in [0, 0.05) is 25.0 Å². The first-order valence-corrected chi connectivity index (χ1v) is 4.50. The Labute approximate surface area is 82.1 Å². The Balaban J connectivity index is 3.34. The summed E-state index contributed by atoms with van der Waals surface area (Å²) in [5, 5.41) is 0. The van der Waals surface area contributed by atoms with Gasteiger partial charge in [0.15, 0.2) is 0 Å². The summed E-state index contributed by atoms with van der Waals surface area (Å²) < 4.78 is 2.76. The fourth-order valence-corrected chi connectivity index (χ4v) is 1.21. The Hall–Kier alpha value is -1.58. The summed E-state index contributed by atoms with van der Waals surface area (Å²) in [5.41, 5.74) is -0.981. The minimum Gasteiger partial charge on any atom is -0.307 e. The van der Waals surface area contributed by atoms with E-state index in [0.29, 0.717) is 6.54 Å². The second kappa shape index (κ2) is 4.09. The smallest absolute Gasteiger partial charge is 0.307 e. The SMILES string of the molecule is C=CCn1ccn(C(C)C)c(=O)c1=O. The molecular formula is C10H14N2O2. The van der Waals surface area contributed by atoms with Crippen LogP contribution in [0, 0.1) is 0 Å². The molecule has 0 aromatic carbocycles. The summed E-state index contributed by atoms with van der Waals surface area (Å²) in [6, 6.07) is 0.00795. The fourth-order valence-electron chi connectivity index (χ4n) is 1.21. The molecule has 0 aliphatic carbocycles. The van der Waals surface area contributed by atoms with Crippen LogP contribution in [-0.4, -0.2) is 9.13 Å². The average molecular weight is 194 g/mol.